The summed E-state index contributed by atoms with van der Waals surface area (Å²) in [5, 5.41) is 62.5. The third-order valence-corrected chi connectivity index (χ3v) is 12.1. The Morgan fingerprint density at radius 3 is 1.52 bits per heavy atom. The van der Waals surface area contributed by atoms with Gasteiger partial charge in [0, 0.05) is 31.2 Å². The number of aromatic nitrogens is 2. The molecule has 21 N–H and O–H groups in total. The van der Waals surface area contributed by atoms with Crippen molar-refractivity contribution in [1.82, 2.24) is 63.1 Å². The number of aliphatic hydroxyl groups excluding tert-OH is 2. The molecule has 0 saturated carbocycles. The zero-order valence-corrected chi connectivity index (χ0v) is 46.9. The van der Waals surface area contributed by atoms with Gasteiger partial charge < -0.3 is 95.8 Å². The van der Waals surface area contributed by atoms with Crippen molar-refractivity contribution >= 4 is 76.9 Å². The number of nitrogens with two attached hydrogens (primary N) is 3. The summed E-state index contributed by atoms with van der Waals surface area (Å²) in [4.78, 5) is 176. The molecule has 0 aliphatic rings. The highest BCUT2D eigenvalue weighted by molar-refractivity contribution is 5.99. The maximum atomic E-state index is 14.2. The molecule has 1 aromatic heterocycles. The molecule has 0 fully saturated rings. The van der Waals surface area contributed by atoms with E-state index in [9.17, 15) is 82.8 Å². The minimum atomic E-state index is -1.84. The van der Waals surface area contributed by atoms with E-state index < -0.39 is 176 Å². The number of hydrogen-bond acceptors (Lipinski definition) is 18. The molecule has 0 aliphatic heterocycles. The van der Waals surface area contributed by atoms with E-state index in [0.717, 1.165) is 0 Å². The molecule has 32 nitrogen and oxygen atoms in total. The first-order valence-corrected chi connectivity index (χ1v) is 26.4. The average molecular weight is 1170 g/mol. The number of aliphatic carboxylic acids is 1. The van der Waals surface area contributed by atoms with Crippen LogP contribution in [0.15, 0.2) is 36.8 Å². The van der Waals surface area contributed by atoms with Gasteiger partial charge >= 0.3 is 5.97 Å². The topological polar surface area (TPSA) is 530 Å². The molecule has 1 heterocycles. The first kappa shape index (κ1) is 70.3. The number of rotatable bonds is 37. The quantitative estimate of drug-likeness (QED) is 0.0299. The predicted molar refractivity (Wildman–Crippen MR) is 291 cm³/mol. The van der Waals surface area contributed by atoms with Crippen LogP contribution in [0, 0.1) is 17.8 Å². The minimum absolute atomic E-state index is 0.0345. The maximum absolute atomic E-state index is 14.2. The normalized spacial score (nSPS) is 14.4. The van der Waals surface area contributed by atoms with Crippen molar-refractivity contribution < 1.29 is 82.8 Å². The zero-order chi connectivity index (χ0) is 62.7. The molecule has 0 bridgehead atoms. The number of aliphatic hydroxyl groups is 2. The number of H-pyrrole nitrogens is 1. The second-order valence-electron chi connectivity index (χ2n) is 20.6. The van der Waals surface area contributed by atoms with Crippen molar-refractivity contribution in [2.75, 3.05) is 26.3 Å². The fraction of sp³-hybridized carbons (Fsp3) is 0.569. The fourth-order valence-corrected chi connectivity index (χ4v) is 7.76. The summed E-state index contributed by atoms with van der Waals surface area (Å²) in [6.45, 7) is 6.48. The van der Waals surface area contributed by atoms with Crippen molar-refractivity contribution in [3.05, 3.63) is 48.0 Å². The Hall–Kier alpha value is -8.78. The lowest BCUT2D eigenvalue weighted by Crippen LogP contribution is -2.61. The van der Waals surface area contributed by atoms with E-state index in [2.05, 4.69) is 63.1 Å². The van der Waals surface area contributed by atoms with Crippen molar-refractivity contribution in [3.8, 4) is 5.75 Å². The molecule has 1 aromatic carbocycles. The summed E-state index contributed by atoms with van der Waals surface area (Å²) in [6.07, 6.45) is 0.690. The number of amides is 12. The van der Waals surface area contributed by atoms with Crippen LogP contribution in [0.3, 0.4) is 0 Å². The summed E-state index contributed by atoms with van der Waals surface area (Å²) in [5.74, 6) is -14.4. The molecule has 0 unspecified atom stereocenters. The molecule has 460 valence electrons. The van der Waals surface area contributed by atoms with Gasteiger partial charge in [-0.2, -0.15) is 0 Å². The van der Waals surface area contributed by atoms with E-state index >= 15 is 0 Å². The van der Waals surface area contributed by atoms with Crippen LogP contribution in [0.4, 0.5) is 0 Å². The van der Waals surface area contributed by atoms with Gasteiger partial charge in [0.2, 0.25) is 70.9 Å². The highest BCUT2D eigenvalue weighted by Gasteiger charge is 2.36. The van der Waals surface area contributed by atoms with E-state index in [0.29, 0.717) is 11.3 Å². The summed E-state index contributed by atoms with van der Waals surface area (Å²) in [7, 11) is 0. The van der Waals surface area contributed by atoms with Gasteiger partial charge in [-0.15, -0.1) is 0 Å². The Kier molecular flexibility index (Phi) is 29.8. The zero-order valence-electron chi connectivity index (χ0n) is 46.9. The Bertz CT molecular complexity index is 2560. The van der Waals surface area contributed by atoms with Gasteiger partial charge in [-0.25, -0.2) is 9.78 Å². The molecule has 12 amide bonds. The number of carboxylic acid groups (broad SMARTS) is 1. The molecule has 2 rings (SSSR count). The lowest BCUT2D eigenvalue weighted by molar-refractivity contribution is -0.142. The van der Waals surface area contributed by atoms with Crippen molar-refractivity contribution in [2.45, 2.75) is 141 Å². The van der Waals surface area contributed by atoms with Gasteiger partial charge in [-0.1, -0.05) is 53.7 Å². The summed E-state index contributed by atoms with van der Waals surface area (Å²) in [5.41, 5.74) is 16.9. The number of aromatic amines is 1. The number of nitrogens with zero attached hydrogens (tertiary/aromatic N) is 1. The van der Waals surface area contributed by atoms with Crippen LogP contribution in [-0.2, 0) is 75.2 Å². The third kappa shape index (κ3) is 26.1. The molecule has 83 heavy (non-hydrogen) atoms. The van der Waals surface area contributed by atoms with Gasteiger partial charge in [-0.3, -0.25) is 57.5 Å². The summed E-state index contributed by atoms with van der Waals surface area (Å²) < 4.78 is 0. The van der Waals surface area contributed by atoms with E-state index in [-0.39, 0.29) is 49.7 Å². The van der Waals surface area contributed by atoms with Crippen LogP contribution in [-0.4, -0.2) is 188 Å². The molecular formula is C51H79N15O17. The second-order valence-corrected chi connectivity index (χ2v) is 20.6. The number of carboxylic acids is 1. The number of benzene rings is 1. The van der Waals surface area contributed by atoms with Crippen LogP contribution in [0.25, 0.3) is 0 Å². The number of phenols is 1. The number of carbonyl (C=O) groups excluding carboxylic acids is 12. The van der Waals surface area contributed by atoms with E-state index in [4.69, 9.17) is 17.2 Å². The van der Waals surface area contributed by atoms with E-state index in [1.165, 1.54) is 50.6 Å². The number of nitrogens with one attached hydrogen (secondary N) is 11. The smallest absolute Gasteiger partial charge is 0.326 e. The molecule has 0 saturated heterocycles. The monoisotopic (exact) mass is 1170 g/mol. The first-order valence-electron chi connectivity index (χ1n) is 26.4. The summed E-state index contributed by atoms with van der Waals surface area (Å²) >= 11 is 0. The maximum Gasteiger partial charge on any atom is 0.326 e. The average Bonchev–Trinajstić information content (AvgIpc) is 4.00. The Balaban J connectivity index is 2.27. The molecule has 32 heteroatoms. The second kappa shape index (κ2) is 35.2. The van der Waals surface area contributed by atoms with Crippen molar-refractivity contribution in [3.63, 3.8) is 0 Å². The number of primary amides is 2. The number of carbonyl (C=O) groups is 13. The van der Waals surface area contributed by atoms with Gasteiger partial charge in [0.1, 0.15) is 60.1 Å². The third-order valence-electron chi connectivity index (χ3n) is 12.1. The number of aromatic hydroxyl groups is 1. The Morgan fingerprint density at radius 1 is 0.542 bits per heavy atom. The van der Waals surface area contributed by atoms with Gasteiger partial charge in [0.15, 0.2) is 0 Å². The standard InChI is InChI=1S/C51H79N15O17/c1-24(2)13-32(47(78)63-34(16-28-18-55-23-58-28)48(79)62-33(15-27-7-9-29(69)10-8-27)44(75)56-20-41(73)60-36(51(82)83)14-25(3)4)59-40(72)19-57-45(76)37(22-68)65-49(80)35(17-39(54)71)64-50(81)42(26(5)6)66-46(77)31(11-12-38(53)70)61-43(74)30(52)21-67/h7-10,18,23-26,30-37,42,67-69H,11-17,19-22,52H2,1-6H3,(H2,53,70)(H2,54,71)(H,55,58)(H,56,75)(H,57,76)(H,59,72)(H,60,73)(H,61,74)(H,62,79)(H,63,78)(H,64,81)(H,65,80)(H,66,77)(H,82,83)/t30-,31-,32-,33-,34-,35-,36-,37-,42-/m0/s1. The van der Waals surface area contributed by atoms with Gasteiger partial charge in [0.25, 0.3) is 0 Å². The molecule has 0 spiro atoms. The van der Waals surface area contributed by atoms with E-state index in [1.807, 2.05) is 0 Å². The lowest BCUT2D eigenvalue weighted by atomic mass is 10.0. The molecule has 0 radical (unpaired) electrons. The minimum Gasteiger partial charge on any atom is -0.508 e. The number of phenolic OH excluding ortho intramolecular Hbond substituents is 1. The van der Waals surface area contributed by atoms with Gasteiger partial charge in [-0.05, 0) is 54.7 Å². The van der Waals surface area contributed by atoms with Gasteiger partial charge in [0.05, 0.1) is 39.1 Å². The van der Waals surface area contributed by atoms with Crippen molar-refractivity contribution in [1.29, 1.82) is 0 Å². The highest BCUT2D eigenvalue weighted by Crippen LogP contribution is 2.14. The van der Waals surface area contributed by atoms with Crippen LogP contribution in [0.1, 0.15) is 84.9 Å². The van der Waals surface area contributed by atoms with Crippen LogP contribution < -0.4 is 70.4 Å². The Labute approximate surface area is 477 Å². The summed E-state index contributed by atoms with van der Waals surface area (Å²) in [6, 6.07) is -8.00. The van der Waals surface area contributed by atoms with Crippen LogP contribution >= 0.6 is 0 Å². The molecular weight excluding hydrogens is 1090 g/mol. The molecule has 2 aromatic rings. The predicted octanol–water partition coefficient (Wildman–Crippen LogP) is -6.70. The molecule has 9 atom stereocenters. The Morgan fingerprint density at radius 2 is 1.02 bits per heavy atom. The number of imidazole rings is 1. The molecule has 0 aliphatic carbocycles. The van der Waals surface area contributed by atoms with Crippen LogP contribution in [0.5, 0.6) is 5.75 Å². The van der Waals surface area contributed by atoms with Crippen LogP contribution in [0.2, 0.25) is 0 Å². The highest BCUT2D eigenvalue weighted by atomic mass is 16.4. The van der Waals surface area contributed by atoms with Crippen molar-refractivity contribution in [2.24, 2.45) is 35.0 Å². The van der Waals surface area contributed by atoms with E-state index in [1.54, 1.807) is 27.7 Å². The lowest BCUT2D eigenvalue weighted by Gasteiger charge is -2.28. The fourth-order valence-electron chi connectivity index (χ4n) is 7.76. The number of hydrogen-bond donors (Lipinski definition) is 18. The largest absolute Gasteiger partial charge is 0.508 e. The SMILES string of the molecule is CC(C)C[C@H](NC(=O)CNC(=O)[C@H](Cc1ccc(O)cc1)NC(=O)[C@H](Cc1cnc[nH]1)NC(=O)[C@H](CC(C)C)NC(=O)CNC(=O)[C@H](CO)NC(=O)[C@H](CC(N)=O)NC(=O)[C@@H](NC(=O)[C@H](CCC(N)=O)NC(=O)[C@@H](N)CO)C(C)C)C(=O)O. The first-order chi connectivity index (χ1) is 38.9.